The summed E-state index contributed by atoms with van der Waals surface area (Å²) in [7, 11) is 3.96. The number of carbonyl (C=O) groups excluding carboxylic acids is 1. The molecule has 2 aromatic carbocycles. The van der Waals surface area contributed by atoms with E-state index in [-0.39, 0.29) is 12.5 Å². The molecule has 0 unspecified atom stereocenters. The second-order valence-corrected chi connectivity index (χ2v) is 5.44. The van der Waals surface area contributed by atoms with Gasteiger partial charge in [-0.05, 0) is 48.9 Å². The predicted molar refractivity (Wildman–Crippen MR) is 100 cm³/mol. The molecular weight excluding hydrogens is 326 g/mol. The van der Waals surface area contributed by atoms with E-state index in [0.717, 1.165) is 11.3 Å². The lowest BCUT2D eigenvalue weighted by atomic mass is 10.2. The minimum Gasteiger partial charge on any atom is -0.397 e. The molecule has 0 spiro atoms. The fourth-order valence-corrected chi connectivity index (χ4v) is 1.82. The highest BCUT2D eigenvalue weighted by atomic mass is 35.5. The molecule has 0 fully saturated rings. The Kier molecular flexibility index (Phi) is 8.54. The molecule has 0 aliphatic heterocycles. The SMILES string of the molecule is CCO.CN(C)c1ccc(/C=N/NC(=O)c2ccc(Cl)cc2)cc1. The quantitative estimate of drug-likeness (QED) is 0.659. The number of benzene rings is 2. The van der Waals surface area contributed by atoms with Gasteiger partial charge in [0.05, 0.1) is 6.21 Å². The molecule has 1 amide bonds. The van der Waals surface area contributed by atoms with Crippen LogP contribution in [0.15, 0.2) is 53.6 Å². The van der Waals surface area contributed by atoms with E-state index in [4.69, 9.17) is 16.7 Å². The van der Waals surface area contributed by atoms with Gasteiger partial charge in [0.1, 0.15) is 0 Å². The third-order valence-electron chi connectivity index (χ3n) is 2.90. The van der Waals surface area contributed by atoms with Gasteiger partial charge in [-0.3, -0.25) is 4.79 Å². The van der Waals surface area contributed by atoms with E-state index in [1.165, 1.54) is 0 Å². The molecule has 128 valence electrons. The highest BCUT2D eigenvalue weighted by Crippen LogP contribution is 2.11. The third-order valence-corrected chi connectivity index (χ3v) is 3.15. The van der Waals surface area contributed by atoms with Gasteiger partial charge < -0.3 is 10.0 Å². The molecule has 0 bridgehead atoms. The van der Waals surface area contributed by atoms with Crippen LogP contribution in [0, 0.1) is 0 Å². The van der Waals surface area contributed by atoms with Crippen molar-refractivity contribution in [2.75, 3.05) is 25.6 Å². The van der Waals surface area contributed by atoms with Gasteiger partial charge in [0.15, 0.2) is 0 Å². The maximum absolute atomic E-state index is 11.8. The van der Waals surface area contributed by atoms with Crippen LogP contribution in [0.1, 0.15) is 22.8 Å². The summed E-state index contributed by atoms with van der Waals surface area (Å²) >= 11 is 5.77. The Bertz CT molecular complexity index is 653. The molecule has 0 saturated carbocycles. The smallest absolute Gasteiger partial charge is 0.271 e. The average Bonchev–Trinajstić information content (AvgIpc) is 2.56. The minimum atomic E-state index is -0.271. The lowest BCUT2D eigenvalue weighted by Crippen LogP contribution is -2.17. The number of hydrazone groups is 1. The molecule has 0 saturated heterocycles. The summed E-state index contributed by atoms with van der Waals surface area (Å²) in [5, 5.41) is 12.1. The zero-order valence-electron chi connectivity index (χ0n) is 14.0. The number of nitrogens with zero attached hydrogens (tertiary/aromatic N) is 2. The van der Waals surface area contributed by atoms with Crippen LogP contribution < -0.4 is 10.3 Å². The van der Waals surface area contributed by atoms with Crippen LogP contribution in [0.4, 0.5) is 5.69 Å². The number of rotatable bonds is 4. The molecule has 2 aromatic rings. The number of aliphatic hydroxyl groups is 1. The summed E-state index contributed by atoms with van der Waals surface area (Å²) in [6.45, 7) is 1.93. The maximum atomic E-state index is 11.8. The first-order valence-corrected chi connectivity index (χ1v) is 7.83. The first kappa shape index (κ1) is 19.7. The number of halogens is 1. The normalized spacial score (nSPS) is 10.0. The molecule has 0 aliphatic rings. The van der Waals surface area contributed by atoms with Crippen LogP contribution in [0.25, 0.3) is 0 Å². The molecule has 5 nitrogen and oxygen atoms in total. The van der Waals surface area contributed by atoms with E-state index < -0.39 is 0 Å². The van der Waals surface area contributed by atoms with Crippen LogP contribution in [-0.2, 0) is 0 Å². The van der Waals surface area contributed by atoms with E-state index in [0.29, 0.717) is 10.6 Å². The molecule has 0 aliphatic carbocycles. The van der Waals surface area contributed by atoms with Crippen molar-refractivity contribution < 1.29 is 9.90 Å². The van der Waals surface area contributed by atoms with E-state index in [2.05, 4.69) is 10.5 Å². The van der Waals surface area contributed by atoms with Crippen molar-refractivity contribution in [3.05, 3.63) is 64.7 Å². The van der Waals surface area contributed by atoms with Gasteiger partial charge in [-0.2, -0.15) is 5.10 Å². The highest BCUT2D eigenvalue weighted by Gasteiger charge is 2.02. The van der Waals surface area contributed by atoms with Crippen molar-refractivity contribution in [3.63, 3.8) is 0 Å². The lowest BCUT2D eigenvalue weighted by Gasteiger charge is -2.11. The summed E-state index contributed by atoms with van der Waals surface area (Å²) in [6.07, 6.45) is 1.60. The standard InChI is InChI=1S/C16H16ClN3O.C2H6O/c1-20(2)15-9-3-12(4-10-15)11-18-19-16(21)13-5-7-14(17)8-6-13;1-2-3/h3-11H,1-2H3,(H,19,21);3H,2H2,1H3/b18-11+;. The van der Waals surface area contributed by atoms with Crippen LogP contribution in [0.3, 0.4) is 0 Å². The van der Waals surface area contributed by atoms with E-state index in [1.54, 1.807) is 37.4 Å². The second kappa shape index (κ2) is 10.4. The Balaban J connectivity index is 0.000000891. The number of amides is 1. The van der Waals surface area contributed by atoms with Crippen molar-refractivity contribution in [2.24, 2.45) is 5.10 Å². The first-order valence-electron chi connectivity index (χ1n) is 7.45. The summed E-state index contributed by atoms with van der Waals surface area (Å²) < 4.78 is 0. The van der Waals surface area contributed by atoms with Gasteiger partial charge in [0, 0.05) is 37.0 Å². The largest absolute Gasteiger partial charge is 0.397 e. The van der Waals surface area contributed by atoms with Crippen LogP contribution in [-0.4, -0.2) is 37.9 Å². The monoisotopic (exact) mass is 347 g/mol. The first-order chi connectivity index (χ1) is 11.5. The molecule has 0 atom stereocenters. The fraction of sp³-hybridized carbons (Fsp3) is 0.222. The number of aliphatic hydroxyl groups excluding tert-OH is 1. The van der Waals surface area contributed by atoms with E-state index in [9.17, 15) is 4.79 Å². The number of nitrogens with one attached hydrogen (secondary N) is 1. The van der Waals surface area contributed by atoms with E-state index >= 15 is 0 Å². The molecule has 2 rings (SSSR count). The van der Waals surface area contributed by atoms with Crippen molar-refractivity contribution in [2.45, 2.75) is 6.92 Å². The summed E-state index contributed by atoms with van der Waals surface area (Å²) in [6, 6.07) is 14.5. The third kappa shape index (κ3) is 6.81. The maximum Gasteiger partial charge on any atom is 0.271 e. The van der Waals surface area contributed by atoms with Crippen molar-refractivity contribution in [1.29, 1.82) is 0 Å². The Labute approximate surface area is 147 Å². The molecule has 0 heterocycles. The van der Waals surface area contributed by atoms with Gasteiger partial charge in [-0.15, -0.1) is 0 Å². The Hall–Kier alpha value is -2.37. The van der Waals surface area contributed by atoms with Gasteiger partial charge >= 0.3 is 0 Å². The van der Waals surface area contributed by atoms with Gasteiger partial charge in [0.2, 0.25) is 0 Å². The second-order valence-electron chi connectivity index (χ2n) is 5.01. The number of hydrogen-bond donors (Lipinski definition) is 2. The topological polar surface area (TPSA) is 64.9 Å². The molecular formula is C18H22ClN3O2. The van der Waals surface area contributed by atoms with E-state index in [1.807, 2.05) is 43.3 Å². The number of carbonyl (C=O) groups is 1. The van der Waals surface area contributed by atoms with Gasteiger partial charge in [0.25, 0.3) is 5.91 Å². The molecule has 0 aromatic heterocycles. The van der Waals surface area contributed by atoms with Crippen LogP contribution in [0.5, 0.6) is 0 Å². The lowest BCUT2D eigenvalue weighted by molar-refractivity contribution is 0.0955. The highest BCUT2D eigenvalue weighted by molar-refractivity contribution is 6.30. The molecule has 24 heavy (non-hydrogen) atoms. The molecule has 0 radical (unpaired) electrons. The summed E-state index contributed by atoms with van der Waals surface area (Å²) in [5.41, 5.74) is 5.02. The van der Waals surface area contributed by atoms with Gasteiger partial charge in [-0.25, -0.2) is 5.43 Å². The fourth-order valence-electron chi connectivity index (χ4n) is 1.69. The summed E-state index contributed by atoms with van der Waals surface area (Å²) in [5.74, 6) is -0.271. The average molecular weight is 348 g/mol. The Morgan fingerprint density at radius 2 is 1.71 bits per heavy atom. The summed E-state index contributed by atoms with van der Waals surface area (Å²) in [4.78, 5) is 13.8. The van der Waals surface area contributed by atoms with Gasteiger partial charge in [-0.1, -0.05) is 23.7 Å². The molecule has 6 heteroatoms. The zero-order valence-corrected chi connectivity index (χ0v) is 14.8. The Morgan fingerprint density at radius 1 is 1.17 bits per heavy atom. The van der Waals surface area contributed by atoms with Crippen LogP contribution >= 0.6 is 11.6 Å². The molecule has 2 N–H and O–H groups in total. The number of hydrogen-bond acceptors (Lipinski definition) is 4. The van der Waals surface area contributed by atoms with Crippen molar-refractivity contribution in [1.82, 2.24) is 5.43 Å². The van der Waals surface area contributed by atoms with Crippen molar-refractivity contribution >= 4 is 29.4 Å². The minimum absolute atomic E-state index is 0.250. The zero-order chi connectivity index (χ0) is 17.9. The van der Waals surface area contributed by atoms with Crippen LogP contribution in [0.2, 0.25) is 5.02 Å². The number of anilines is 1. The predicted octanol–water partition coefficient (Wildman–Crippen LogP) is 3.17. The van der Waals surface area contributed by atoms with Crippen molar-refractivity contribution in [3.8, 4) is 0 Å². The Morgan fingerprint density at radius 3 is 2.21 bits per heavy atom.